The molecule has 1 aromatic carbocycles. The van der Waals surface area contributed by atoms with E-state index in [4.69, 9.17) is 0 Å². The summed E-state index contributed by atoms with van der Waals surface area (Å²) in [5.74, 6) is 0.989. The van der Waals surface area contributed by atoms with Crippen LogP contribution in [-0.2, 0) is 24.7 Å². The molecule has 0 nitrogen and oxygen atoms in total. The molecule has 7 atom stereocenters. The lowest BCUT2D eigenvalue weighted by Crippen LogP contribution is -2.69. The van der Waals surface area contributed by atoms with E-state index in [1.807, 2.05) is 0 Å². The molecular weight excluding hydrogens is 708 g/mol. The zero-order valence-electron chi connectivity index (χ0n) is 27.7. The molecule has 1 aromatic rings. The van der Waals surface area contributed by atoms with Crippen LogP contribution in [0, 0.1) is 38.4 Å². The Morgan fingerprint density at radius 2 is 1.00 bits per heavy atom. The van der Waals surface area contributed by atoms with Crippen molar-refractivity contribution in [2.24, 2.45) is 38.4 Å². The first-order valence-electron chi connectivity index (χ1n) is 17.5. The lowest BCUT2D eigenvalue weighted by molar-refractivity contribution is -0.270. The van der Waals surface area contributed by atoms with Crippen molar-refractivity contribution < 1.29 is 0 Å². The van der Waals surface area contributed by atoms with Gasteiger partial charge in [-0.1, -0.05) is 108 Å². The Bertz CT molecular complexity index is 1220. The summed E-state index contributed by atoms with van der Waals surface area (Å²) in [6.45, 7) is 18.0. The van der Waals surface area contributed by atoms with Crippen LogP contribution in [-0.4, -0.2) is 14.5 Å². The normalized spacial score (nSPS) is 49.0. The Hall–Kier alpha value is 0.660. The maximum atomic E-state index is 4.02. The third-order valence-corrected chi connectivity index (χ3v) is 14.8. The summed E-state index contributed by atoms with van der Waals surface area (Å²) in [6.07, 6.45) is 21.4. The number of benzene rings is 1. The Balaban J connectivity index is 1.40. The maximum absolute atomic E-state index is 4.02. The average Bonchev–Trinajstić information content (AvgIpc) is 2.74. The summed E-state index contributed by atoms with van der Waals surface area (Å²) >= 11 is 11.9. The first kappa shape index (κ1) is 31.3. The molecule has 0 saturated heterocycles. The molecule has 3 heteroatoms. The van der Waals surface area contributed by atoms with Gasteiger partial charge in [-0.05, 0) is 162 Å². The van der Waals surface area contributed by atoms with Crippen molar-refractivity contribution in [3.8, 4) is 0 Å². The van der Waals surface area contributed by atoms with Gasteiger partial charge in [0.25, 0.3) is 0 Å². The molecule has 0 aliphatic heterocycles. The van der Waals surface area contributed by atoms with Gasteiger partial charge in [0.05, 0.1) is 0 Å². The zero-order valence-corrected chi connectivity index (χ0v) is 32.5. The third-order valence-electron chi connectivity index (χ3n) is 13.8. The smallest absolute Gasteiger partial charge is 0.0158 e. The van der Waals surface area contributed by atoms with E-state index in [0.717, 1.165) is 25.2 Å². The number of hydrogen-bond acceptors (Lipinski definition) is 0. The van der Waals surface area contributed by atoms with E-state index < -0.39 is 0 Å². The minimum atomic E-state index is 0.337. The van der Waals surface area contributed by atoms with Crippen LogP contribution in [0.4, 0.5) is 0 Å². The van der Waals surface area contributed by atoms with E-state index >= 15 is 0 Å². The maximum Gasteiger partial charge on any atom is 0.0158 e. The Kier molecular flexibility index (Phi) is 7.33. The van der Waals surface area contributed by atoms with Gasteiger partial charge in [-0.25, -0.2) is 0 Å². The van der Waals surface area contributed by atoms with Crippen LogP contribution in [0.25, 0.3) is 0 Å². The fourth-order valence-corrected chi connectivity index (χ4v) is 16.3. The van der Waals surface area contributed by atoms with Crippen LogP contribution in [0.3, 0.4) is 0 Å². The van der Waals surface area contributed by atoms with Crippen molar-refractivity contribution in [2.45, 2.75) is 165 Å². The number of hydrogen-bond donors (Lipinski definition) is 0. The van der Waals surface area contributed by atoms with Gasteiger partial charge >= 0.3 is 0 Å². The molecule has 8 bridgehead atoms. The Labute approximate surface area is 283 Å². The quantitative estimate of drug-likeness (QED) is 0.231. The predicted octanol–water partition coefficient (Wildman–Crippen LogP) is 12.3. The summed E-state index contributed by atoms with van der Waals surface area (Å²) in [7, 11) is 0. The number of alkyl halides is 3. The molecule has 234 valence electrons. The second-order valence-corrected chi connectivity index (χ2v) is 24.1. The van der Waals surface area contributed by atoms with Crippen molar-refractivity contribution in [1.29, 1.82) is 0 Å². The van der Waals surface area contributed by atoms with Gasteiger partial charge < -0.3 is 0 Å². The molecule has 8 saturated carbocycles. The molecular formula is C39H57Br3. The highest BCUT2D eigenvalue weighted by Gasteiger charge is 2.74. The highest BCUT2D eigenvalue weighted by molar-refractivity contribution is 9.10. The Morgan fingerprint density at radius 3 is 1.50 bits per heavy atom. The van der Waals surface area contributed by atoms with Crippen molar-refractivity contribution >= 4 is 47.8 Å². The van der Waals surface area contributed by atoms with E-state index in [2.05, 4.69) is 108 Å². The highest BCUT2D eigenvalue weighted by Crippen LogP contribution is 2.83. The number of rotatable bonds is 8. The van der Waals surface area contributed by atoms with Gasteiger partial charge in [-0.2, -0.15) is 0 Å². The molecule has 42 heavy (non-hydrogen) atoms. The third kappa shape index (κ3) is 5.04. The average molecular weight is 766 g/mol. The molecule has 0 aromatic heterocycles. The molecule has 0 radical (unpaired) electrons. The van der Waals surface area contributed by atoms with E-state index in [1.54, 1.807) is 28.7 Å². The van der Waals surface area contributed by atoms with Gasteiger partial charge in [0, 0.05) is 14.5 Å². The van der Waals surface area contributed by atoms with Crippen LogP contribution in [0.15, 0.2) is 12.1 Å². The number of halogens is 3. The van der Waals surface area contributed by atoms with Crippen LogP contribution < -0.4 is 0 Å². The summed E-state index contributed by atoms with van der Waals surface area (Å²) in [5, 5.41) is 0. The minimum Gasteiger partial charge on any atom is -0.0890 e. The summed E-state index contributed by atoms with van der Waals surface area (Å²) < 4.78 is 0. The molecule has 8 aliphatic carbocycles. The van der Waals surface area contributed by atoms with E-state index in [0.29, 0.717) is 52.4 Å². The molecule has 7 unspecified atom stereocenters. The van der Waals surface area contributed by atoms with Gasteiger partial charge in [-0.3, -0.25) is 0 Å². The minimum absolute atomic E-state index is 0.337. The van der Waals surface area contributed by atoms with Crippen LogP contribution in [0.5, 0.6) is 0 Å². The second-order valence-electron chi connectivity index (χ2n) is 19.4. The van der Waals surface area contributed by atoms with Crippen molar-refractivity contribution in [1.82, 2.24) is 0 Å². The fraction of sp³-hybridized carbons (Fsp3) is 0.846. The standard InChI is InChI=1S/C39H57Br3/c1-25(40)8-29-11-31(10-27(3)42)32(12-30(29)9-26(2)41)37-18-35(6)17-36(7,19-37)23-39(22-35,24-37)38-15-28-13-33(4,20-38)16-34(5,14-28)21-38/h11-12,25-28H,8-10,13-24H2,1-7H3. The second kappa shape index (κ2) is 9.84. The molecule has 8 aliphatic rings. The molecule has 0 heterocycles. The van der Waals surface area contributed by atoms with Crippen molar-refractivity contribution in [3.63, 3.8) is 0 Å². The van der Waals surface area contributed by atoms with Gasteiger partial charge in [0.15, 0.2) is 0 Å². The van der Waals surface area contributed by atoms with Gasteiger partial charge in [-0.15, -0.1) is 0 Å². The van der Waals surface area contributed by atoms with E-state index in [1.165, 1.54) is 70.6 Å². The summed E-state index contributed by atoms with van der Waals surface area (Å²) in [5.41, 5.74) is 10.2. The largest absolute Gasteiger partial charge is 0.0890 e. The fourth-order valence-electron chi connectivity index (χ4n) is 15.3. The first-order valence-corrected chi connectivity index (χ1v) is 20.2. The summed E-state index contributed by atoms with van der Waals surface area (Å²) in [6, 6.07) is 5.49. The first-order chi connectivity index (χ1) is 19.4. The van der Waals surface area contributed by atoms with Gasteiger partial charge in [0.1, 0.15) is 0 Å². The van der Waals surface area contributed by atoms with Crippen LogP contribution >= 0.6 is 47.8 Å². The molecule has 0 N–H and O–H groups in total. The summed E-state index contributed by atoms with van der Waals surface area (Å²) in [4.78, 5) is 1.51. The van der Waals surface area contributed by atoms with Crippen LogP contribution in [0.1, 0.15) is 148 Å². The SMILES string of the molecule is CC(Br)Cc1cc(CC(C)Br)c(C23CC4(C)CC(C)(C2)CC(C25CC6CC(C)(CC(C)(C6)C2)C5)(C4)C3)cc1CC(C)Br. The lowest BCUT2D eigenvalue weighted by Gasteiger charge is -2.78. The Morgan fingerprint density at radius 1 is 0.548 bits per heavy atom. The topological polar surface area (TPSA) is 0 Å². The molecule has 0 amide bonds. The molecule has 0 spiro atoms. The molecule has 9 rings (SSSR count). The van der Waals surface area contributed by atoms with Crippen LogP contribution in [0.2, 0.25) is 0 Å². The zero-order chi connectivity index (χ0) is 30.1. The van der Waals surface area contributed by atoms with Crippen molar-refractivity contribution in [3.05, 3.63) is 34.4 Å². The van der Waals surface area contributed by atoms with Gasteiger partial charge in [0.2, 0.25) is 0 Å². The van der Waals surface area contributed by atoms with E-state index in [-0.39, 0.29) is 0 Å². The predicted molar refractivity (Wildman–Crippen MR) is 191 cm³/mol. The van der Waals surface area contributed by atoms with E-state index in [9.17, 15) is 0 Å². The highest BCUT2D eigenvalue weighted by atomic mass is 79.9. The monoisotopic (exact) mass is 762 g/mol. The molecule has 8 fully saturated rings. The lowest BCUT2D eigenvalue weighted by atomic mass is 9.26. The van der Waals surface area contributed by atoms with Crippen molar-refractivity contribution in [2.75, 3.05) is 0 Å².